The standard InChI is InChI=1S/C18H17F3N6OS/c1-10-22-15(18(19,20)21)9-16(23-10)27-6-4-12(5-7-27)24-17(28)11-2-3-13-14(8-11)26-29-25-13/h2-3,8-9,12H,4-7H2,1H3,(H,24,28). The molecule has 0 saturated carbocycles. The quantitative estimate of drug-likeness (QED) is 0.698. The Balaban J connectivity index is 1.39. The van der Waals surface area contributed by atoms with Crippen LogP contribution in [0.3, 0.4) is 0 Å². The largest absolute Gasteiger partial charge is 0.433 e. The minimum atomic E-state index is -4.51. The minimum absolute atomic E-state index is 0.0620. The molecule has 2 aromatic heterocycles. The summed E-state index contributed by atoms with van der Waals surface area (Å²) in [6.45, 7) is 2.43. The van der Waals surface area contributed by atoms with Crippen LogP contribution in [0.5, 0.6) is 0 Å². The second-order valence-corrected chi connectivity index (χ2v) is 7.39. The molecular formula is C18H17F3N6OS. The molecule has 3 heterocycles. The number of hydrogen-bond acceptors (Lipinski definition) is 7. The zero-order valence-corrected chi connectivity index (χ0v) is 16.2. The van der Waals surface area contributed by atoms with Crippen LogP contribution in [0.1, 0.15) is 34.7 Å². The van der Waals surface area contributed by atoms with Gasteiger partial charge in [0.15, 0.2) is 0 Å². The summed E-state index contributed by atoms with van der Waals surface area (Å²) in [4.78, 5) is 21.9. The summed E-state index contributed by atoms with van der Waals surface area (Å²) in [6, 6.07) is 6.07. The number of nitrogens with one attached hydrogen (secondary N) is 1. The molecule has 0 aliphatic carbocycles. The fourth-order valence-electron chi connectivity index (χ4n) is 3.30. The van der Waals surface area contributed by atoms with E-state index in [4.69, 9.17) is 0 Å². The number of halogens is 3. The highest BCUT2D eigenvalue weighted by Gasteiger charge is 2.34. The summed E-state index contributed by atoms with van der Waals surface area (Å²) < 4.78 is 47.2. The molecule has 152 valence electrons. The van der Waals surface area contributed by atoms with Crippen LogP contribution in [-0.2, 0) is 6.18 Å². The van der Waals surface area contributed by atoms with Crippen LogP contribution in [0.2, 0.25) is 0 Å². The lowest BCUT2D eigenvalue weighted by molar-refractivity contribution is -0.141. The maximum Gasteiger partial charge on any atom is 0.433 e. The van der Waals surface area contributed by atoms with Crippen molar-refractivity contribution in [1.82, 2.24) is 24.0 Å². The third-order valence-electron chi connectivity index (χ3n) is 4.78. The lowest BCUT2D eigenvalue weighted by Crippen LogP contribution is -2.45. The molecule has 0 radical (unpaired) electrons. The molecule has 0 atom stereocenters. The third-order valence-corrected chi connectivity index (χ3v) is 5.34. The van der Waals surface area contributed by atoms with E-state index < -0.39 is 11.9 Å². The van der Waals surface area contributed by atoms with Gasteiger partial charge in [-0.1, -0.05) is 0 Å². The van der Waals surface area contributed by atoms with Gasteiger partial charge in [0, 0.05) is 30.8 Å². The van der Waals surface area contributed by atoms with E-state index in [1.54, 1.807) is 23.1 Å². The molecular weight excluding hydrogens is 405 g/mol. The van der Waals surface area contributed by atoms with Crippen molar-refractivity contribution in [2.45, 2.75) is 32.0 Å². The van der Waals surface area contributed by atoms with Crippen molar-refractivity contribution in [1.29, 1.82) is 0 Å². The van der Waals surface area contributed by atoms with Gasteiger partial charge in [0.25, 0.3) is 5.91 Å². The number of aromatic nitrogens is 4. The van der Waals surface area contributed by atoms with E-state index in [9.17, 15) is 18.0 Å². The van der Waals surface area contributed by atoms with Crippen LogP contribution in [0.15, 0.2) is 24.3 Å². The molecule has 1 aliphatic heterocycles. The van der Waals surface area contributed by atoms with Crippen molar-refractivity contribution in [3.05, 3.63) is 41.3 Å². The van der Waals surface area contributed by atoms with Gasteiger partial charge in [0.05, 0.1) is 11.7 Å². The first kappa shape index (κ1) is 19.5. The van der Waals surface area contributed by atoms with E-state index in [-0.39, 0.29) is 23.6 Å². The first-order valence-corrected chi connectivity index (χ1v) is 9.73. The highest BCUT2D eigenvalue weighted by atomic mass is 32.1. The summed E-state index contributed by atoms with van der Waals surface area (Å²) >= 11 is 1.09. The van der Waals surface area contributed by atoms with Crippen LogP contribution in [0, 0.1) is 6.92 Å². The normalized spacial score (nSPS) is 15.7. The summed E-state index contributed by atoms with van der Waals surface area (Å²) in [5.74, 6) is 0.142. The highest BCUT2D eigenvalue weighted by molar-refractivity contribution is 7.00. The molecule has 0 unspecified atom stereocenters. The molecule has 1 saturated heterocycles. The van der Waals surface area contributed by atoms with Crippen LogP contribution < -0.4 is 10.2 Å². The summed E-state index contributed by atoms with van der Waals surface area (Å²) in [6.07, 6.45) is -3.30. The molecule has 1 N–H and O–H groups in total. The van der Waals surface area contributed by atoms with Crippen molar-refractivity contribution in [3.63, 3.8) is 0 Å². The predicted octanol–water partition coefficient (Wildman–Crippen LogP) is 3.21. The molecule has 11 heteroatoms. The van der Waals surface area contributed by atoms with Crippen LogP contribution in [-0.4, -0.2) is 43.8 Å². The number of benzene rings is 1. The van der Waals surface area contributed by atoms with Gasteiger partial charge in [-0.25, -0.2) is 9.97 Å². The number of anilines is 1. The lowest BCUT2D eigenvalue weighted by Gasteiger charge is -2.33. The zero-order valence-electron chi connectivity index (χ0n) is 15.4. The number of hydrogen-bond donors (Lipinski definition) is 1. The number of rotatable bonds is 3. The molecule has 7 nitrogen and oxygen atoms in total. The second-order valence-electron chi connectivity index (χ2n) is 6.86. The predicted molar refractivity (Wildman–Crippen MR) is 102 cm³/mol. The topological polar surface area (TPSA) is 83.9 Å². The van der Waals surface area contributed by atoms with Crippen molar-refractivity contribution in [2.24, 2.45) is 0 Å². The summed E-state index contributed by atoms with van der Waals surface area (Å²) in [5.41, 5.74) is 0.992. The van der Waals surface area contributed by atoms with Gasteiger partial charge in [-0.2, -0.15) is 21.9 Å². The molecule has 1 aromatic carbocycles. The SMILES string of the molecule is Cc1nc(N2CCC(NC(=O)c3ccc4nsnc4c3)CC2)cc(C(F)(F)F)n1. The molecule has 0 bridgehead atoms. The van der Waals surface area contributed by atoms with Crippen molar-refractivity contribution < 1.29 is 18.0 Å². The van der Waals surface area contributed by atoms with Crippen LogP contribution in [0.4, 0.5) is 19.0 Å². The molecule has 3 aromatic rings. The van der Waals surface area contributed by atoms with Gasteiger partial charge < -0.3 is 10.2 Å². The fourth-order valence-corrected chi connectivity index (χ4v) is 3.82. The van der Waals surface area contributed by atoms with Gasteiger partial charge in [0.2, 0.25) is 0 Å². The average Bonchev–Trinajstić information content (AvgIpc) is 3.15. The van der Waals surface area contributed by atoms with Crippen LogP contribution >= 0.6 is 11.7 Å². The van der Waals surface area contributed by atoms with Crippen molar-refractivity contribution >= 4 is 34.5 Å². The Bertz CT molecular complexity index is 1050. The monoisotopic (exact) mass is 422 g/mol. The lowest BCUT2D eigenvalue weighted by atomic mass is 10.0. The molecule has 1 amide bonds. The zero-order chi connectivity index (χ0) is 20.6. The Morgan fingerprint density at radius 3 is 2.59 bits per heavy atom. The Labute approximate surface area is 168 Å². The van der Waals surface area contributed by atoms with E-state index in [1.165, 1.54) is 6.92 Å². The Morgan fingerprint density at radius 2 is 1.86 bits per heavy atom. The van der Waals surface area contributed by atoms with Gasteiger partial charge >= 0.3 is 6.18 Å². The van der Waals surface area contributed by atoms with E-state index in [0.29, 0.717) is 37.0 Å². The van der Waals surface area contributed by atoms with Gasteiger partial charge in [-0.15, -0.1) is 0 Å². The molecule has 1 fully saturated rings. The van der Waals surface area contributed by atoms with E-state index in [2.05, 4.69) is 24.0 Å². The average molecular weight is 422 g/mol. The summed E-state index contributed by atoms with van der Waals surface area (Å²) in [7, 11) is 0. The number of alkyl halides is 3. The smallest absolute Gasteiger partial charge is 0.356 e. The molecule has 4 rings (SSSR count). The third kappa shape index (κ3) is 4.29. The maximum absolute atomic E-state index is 13.0. The van der Waals surface area contributed by atoms with Gasteiger partial charge in [-0.05, 0) is 38.0 Å². The van der Waals surface area contributed by atoms with Crippen molar-refractivity contribution in [3.8, 4) is 0 Å². The first-order valence-electron chi connectivity index (χ1n) is 9.00. The minimum Gasteiger partial charge on any atom is -0.356 e. The Hall–Kier alpha value is -2.82. The van der Waals surface area contributed by atoms with E-state index in [0.717, 1.165) is 23.3 Å². The number of nitrogens with zero attached hydrogens (tertiary/aromatic N) is 5. The number of aryl methyl sites for hydroxylation is 1. The van der Waals surface area contributed by atoms with Crippen LogP contribution in [0.25, 0.3) is 11.0 Å². The van der Waals surface area contributed by atoms with E-state index >= 15 is 0 Å². The van der Waals surface area contributed by atoms with Gasteiger partial charge in [0.1, 0.15) is 28.4 Å². The number of carbonyl (C=O) groups is 1. The summed E-state index contributed by atoms with van der Waals surface area (Å²) in [5, 5.41) is 2.99. The molecule has 1 aliphatic rings. The second kappa shape index (κ2) is 7.54. The number of carbonyl (C=O) groups excluding carboxylic acids is 1. The number of fused-ring (bicyclic) bond motifs is 1. The number of piperidine rings is 1. The molecule has 29 heavy (non-hydrogen) atoms. The maximum atomic E-state index is 13.0. The molecule has 0 spiro atoms. The highest BCUT2D eigenvalue weighted by Crippen LogP contribution is 2.30. The Kier molecular flexibility index (Phi) is 5.07. The number of amides is 1. The first-order chi connectivity index (χ1) is 13.8. The van der Waals surface area contributed by atoms with Gasteiger partial charge in [-0.3, -0.25) is 4.79 Å². The van der Waals surface area contributed by atoms with Crippen molar-refractivity contribution in [2.75, 3.05) is 18.0 Å². The fraction of sp³-hybridized carbons (Fsp3) is 0.389. The van der Waals surface area contributed by atoms with E-state index in [1.807, 2.05) is 0 Å². The Morgan fingerprint density at radius 1 is 1.14 bits per heavy atom.